The molecule has 0 fully saturated rings. The molecule has 3 heterocycles. The molecule has 1 atom stereocenters. The van der Waals surface area contributed by atoms with Crippen LogP contribution in [0, 0.1) is 0 Å². The number of rotatable bonds is 7. The number of nitrogens with one attached hydrogen (secondary N) is 2. The predicted octanol–water partition coefficient (Wildman–Crippen LogP) is 4.03. The lowest BCUT2D eigenvalue weighted by Gasteiger charge is -2.16. The molecule has 4 aromatic rings. The first-order valence-electron chi connectivity index (χ1n) is 10.9. The van der Waals surface area contributed by atoms with Crippen LogP contribution < -0.4 is 10.6 Å². The molecule has 3 aromatic heterocycles. The molecule has 0 aliphatic heterocycles. The Balaban J connectivity index is 1.52. The molecule has 9 heteroatoms. The number of carbonyl (C=O) groups is 2. The molecule has 2 N–H and O–H groups in total. The van der Waals surface area contributed by atoms with Crippen LogP contribution in [-0.4, -0.2) is 59.4 Å². The Morgan fingerprint density at radius 2 is 1.91 bits per heavy atom. The van der Waals surface area contributed by atoms with Crippen LogP contribution in [-0.2, 0) is 0 Å². The van der Waals surface area contributed by atoms with Gasteiger partial charge in [0.15, 0.2) is 0 Å². The minimum atomic E-state index is -0.132. The van der Waals surface area contributed by atoms with Gasteiger partial charge in [-0.2, -0.15) is 0 Å². The summed E-state index contributed by atoms with van der Waals surface area (Å²) in [4.78, 5) is 40.9. The quantitative estimate of drug-likeness (QED) is 0.420. The van der Waals surface area contributed by atoms with Crippen molar-refractivity contribution in [2.45, 2.75) is 12.8 Å². The highest BCUT2D eigenvalue weighted by Crippen LogP contribution is 2.29. The predicted molar refractivity (Wildman–Crippen MR) is 135 cm³/mol. The summed E-state index contributed by atoms with van der Waals surface area (Å²) in [6.45, 7) is 2.73. The molecule has 0 saturated carbocycles. The third kappa shape index (κ3) is 4.74. The second-order valence-corrected chi connectivity index (χ2v) is 9.20. The standard InChI is InChI=1S/C25H26N6O2S/c1-15(16-6-5-7-17-18(24(32)26-2)10-11-27-23(16)17)13-28-22-12-19(29-14-30-22)20-8-9-21(34-20)25(33)31(3)4/h5-12,14-15H,13H2,1-4H3,(H,26,32)(H,28,29,30)/t15-/m1/s1. The molecule has 1 aromatic carbocycles. The first-order chi connectivity index (χ1) is 16.4. The molecule has 2 amide bonds. The minimum Gasteiger partial charge on any atom is -0.369 e. The zero-order valence-corrected chi connectivity index (χ0v) is 20.3. The largest absolute Gasteiger partial charge is 0.369 e. The molecular weight excluding hydrogens is 448 g/mol. The molecule has 0 bridgehead atoms. The third-order valence-electron chi connectivity index (χ3n) is 5.54. The molecule has 0 spiro atoms. The highest BCUT2D eigenvalue weighted by atomic mass is 32.1. The summed E-state index contributed by atoms with van der Waals surface area (Å²) in [6, 6.07) is 13.3. The number of amides is 2. The van der Waals surface area contributed by atoms with E-state index < -0.39 is 0 Å². The Morgan fingerprint density at radius 3 is 2.68 bits per heavy atom. The molecule has 0 radical (unpaired) electrons. The van der Waals surface area contributed by atoms with E-state index in [-0.39, 0.29) is 17.7 Å². The van der Waals surface area contributed by atoms with Crippen molar-refractivity contribution in [1.82, 2.24) is 25.2 Å². The molecule has 34 heavy (non-hydrogen) atoms. The van der Waals surface area contributed by atoms with E-state index in [9.17, 15) is 9.59 Å². The van der Waals surface area contributed by atoms with Gasteiger partial charge in [0.2, 0.25) is 0 Å². The van der Waals surface area contributed by atoms with Gasteiger partial charge in [-0.15, -0.1) is 11.3 Å². The van der Waals surface area contributed by atoms with Gasteiger partial charge < -0.3 is 15.5 Å². The van der Waals surface area contributed by atoms with Crippen molar-refractivity contribution in [2.24, 2.45) is 0 Å². The van der Waals surface area contributed by atoms with Gasteiger partial charge in [0.05, 0.1) is 26.5 Å². The fourth-order valence-corrected chi connectivity index (χ4v) is 4.69. The van der Waals surface area contributed by atoms with Gasteiger partial charge in [-0.05, 0) is 23.8 Å². The SMILES string of the molecule is CNC(=O)c1ccnc2c([C@H](C)CNc3cc(-c4ccc(C(=O)N(C)C)s4)ncn3)cccc12. The second kappa shape index (κ2) is 9.96. The highest BCUT2D eigenvalue weighted by molar-refractivity contribution is 7.17. The Bertz CT molecular complexity index is 1350. The summed E-state index contributed by atoms with van der Waals surface area (Å²) in [5, 5.41) is 6.90. The van der Waals surface area contributed by atoms with Crippen molar-refractivity contribution in [3.05, 3.63) is 71.0 Å². The van der Waals surface area contributed by atoms with Gasteiger partial charge in [0.25, 0.3) is 11.8 Å². The van der Waals surface area contributed by atoms with Crippen molar-refractivity contribution >= 4 is 39.9 Å². The topological polar surface area (TPSA) is 100 Å². The molecule has 4 rings (SSSR count). The zero-order valence-electron chi connectivity index (χ0n) is 19.5. The molecule has 0 saturated heterocycles. The number of carbonyl (C=O) groups excluding carboxylic acids is 2. The molecule has 174 valence electrons. The summed E-state index contributed by atoms with van der Waals surface area (Å²) in [5.41, 5.74) is 3.24. The number of para-hydroxylation sites is 1. The fraction of sp³-hybridized carbons (Fsp3) is 0.240. The average Bonchev–Trinajstić information content (AvgIpc) is 3.36. The zero-order chi connectivity index (χ0) is 24.2. The number of fused-ring (bicyclic) bond motifs is 1. The van der Waals surface area contributed by atoms with Crippen LogP contribution in [0.1, 0.15) is 38.4 Å². The van der Waals surface area contributed by atoms with E-state index in [0.29, 0.717) is 22.8 Å². The number of nitrogens with zero attached hydrogens (tertiary/aromatic N) is 4. The average molecular weight is 475 g/mol. The van der Waals surface area contributed by atoms with E-state index in [1.807, 2.05) is 36.4 Å². The van der Waals surface area contributed by atoms with Crippen LogP contribution in [0.5, 0.6) is 0 Å². The maximum atomic E-state index is 12.3. The number of hydrogen-bond donors (Lipinski definition) is 2. The number of anilines is 1. The number of benzene rings is 1. The van der Waals surface area contributed by atoms with Crippen LogP contribution in [0.15, 0.2) is 55.0 Å². The Hall–Kier alpha value is -3.85. The van der Waals surface area contributed by atoms with Gasteiger partial charge in [0, 0.05) is 51.3 Å². The van der Waals surface area contributed by atoms with E-state index in [1.165, 1.54) is 17.7 Å². The number of hydrogen-bond acceptors (Lipinski definition) is 7. The summed E-state index contributed by atoms with van der Waals surface area (Å²) < 4.78 is 0. The summed E-state index contributed by atoms with van der Waals surface area (Å²) in [7, 11) is 5.10. The van der Waals surface area contributed by atoms with Crippen molar-refractivity contribution < 1.29 is 9.59 Å². The first kappa shape index (κ1) is 23.3. The normalized spacial score (nSPS) is 11.8. The van der Waals surface area contributed by atoms with E-state index in [2.05, 4.69) is 32.5 Å². The van der Waals surface area contributed by atoms with Gasteiger partial charge in [-0.1, -0.05) is 25.1 Å². The third-order valence-corrected chi connectivity index (χ3v) is 6.63. The van der Waals surface area contributed by atoms with Crippen LogP contribution in [0.2, 0.25) is 0 Å². The maximum Gasteiger partial charge on any atom is 0.263 e. The van der Waals surface area contributed by atoms with E-state index in [4.69, 9.17) is 0 Å². The van der Waals surface area contributed by atoms with Crippen molar-refractivity contribution in [1.29, 1.82) is 0 Å². The Kier molecular flexibility index (Phi) is 6.83. The fourth-order valence-electron chi connectivity index (χ4n) is 3.70. The molecule has 0 aliphatic carbocycles. The molecular formula is C25H26N6O2S. The van der Waals surface area contributed by atoms with E-state index in [0.717, 1.165) is 27.0 Å². The smallest absolute Gasteiger partial charge is 0.263 e. The van der Waals surface area contributed by atoms with Crippen LogP contribution in [0.25, 0.3) is 21.5 Å². The van der Waals surface area contributed by atoms with Crippen LogP contribution in [0.3, 0.4) is 0 Å². The summed E-state index contributed by atoms with van der Waals surface area (Å²) in [6.07, 6.45) is 3.19. The van der Waals surface area contributed by atoms with Crippen molar-refractivity contribution in [2.75, 3.05) is 33.0 Å². The van der Waals surface area contributed by atoms with Crippen molar-refractivity contribution in [3.63, 3.8) is 0 Å². The number of pyridine rings is 1. The first-order valence-corrected chi connectivity index (χ1v) is 11.7. The summed E-state index contributed by atoms with van der Waals surface area (Å²) >= 11 is 1.41. The van der Waals surface area contributed by atoms with Crippen LogP contribution in [0.4, 0.5) is 5.82 Å². The Morgan fingerprint density at radius 1 is 1.09 bits per heavy atom. The monoisotopic (exact) mass is 474 g/mol. The number of thiophene rings is 1. The van der Waals surface area contributed by atoms with Gasteiger partial charge in [0.1, 0.15) is 12.1 Å². The maximum absolute atomic E-state index is 12.3. The summed E-state index contributed by atoms with van der Waals surface area (Å²) in [5.74, 6) is 0.652. The van der Waals surface area contributed by atoms with Crippen molar-refractivity contribution in [3.8, 4) is 10.6 Å². The lowest BCUT2D eigenvalue weighted by Crippen LogP contribution is -2.20. The molecule has 8 nitrogen and oxygen atoms in total. The highest BCUT2D eigenvalue weighted by Gasteiger charge is 2.16. The second-order valence-electron chi connectivity index (χ2n) is 8.11. The minimum absolute atomic E-state index is 0.0271. The van der Waals surface area contributed by atoms with Crippen LogP contribution >= 0.6 is 11.3 Å². The lowest BCUT2D eigenvalue weighted by atomic mass is 9.96. The van der Waals surface area contributed by atoms with E-state index in [1.54, 1.807) is 38.3 Å². The van der Waals surface area contributed by atoms with Gasteiger partial charge in [-0.25, -0.2) is 9.97 Å². The Labute approximate surface area is 202 Å². The lowest BCUT2D eigenvalue weighted by molar-refractivity contribution is 0.0832. The number of aromatic nitrogens is 3. The van der Waals surface area contributed by atoms with Gasteiger partial charge >= 0.3 is 0 Å². The van der Waals surface area contributed by atoms with E-state index >= 15 is 0 Å². The molecule has 0 aliphatic rings. The van der Waals surface area contributed by atoms with Gasteiger partial charge in [-0.3, -0.25) is 14.6 Å². The molecule has 0 unspecified atom stereocenters.